The van der Waals surface area contributed by atoms with Gasteiger partial charge in [0.05, 0.1) is 31.2 Å². The molecule has 3 aromatic rings. The van der Waals surface area contributed by atoms with Crippen LogP contribution in [0, 0.1) is 5.82 Å². The smallest absolute Gasteiger partial charge is 0.282 e. The highest BCUT2D eigenvalue weighted by atomic mass is 32.1. The highest BCUT2D eigenvalue weighted by Gasteiger charge is 2.41. The first-order valence-corrected chi connectivity index (χ1v) is 9.83. The molecule has 2 amide bonds. The Bertz CT molecular complexity index is 1140. The average molecular weight is 424 g/mol. The van der Waals surface area contributed by atoms with Crippen LogP contribution < -0.4 is 19.7 Å². The summed E-state index contributed by atoms with van der Waals surface area (Å²) in [6.45, 7) is 0. The maximum absolute atomic E-state index is 13.3. The SMILES string of the molecule is COc1ccc(NC2=C(c3cccs3)C(=O)N(c3ccc(F)cc3)C2=O)c(OC)c1. The first-order valence-electron chi connectivity index (χ1n) is 8.95. The number of halogens is 1. The van der Waals surface area contributed by atoms with Gasteiger partial charge in [-0.2, -0.15) is 0 Å². The summed E-state index contributed by atoms with van der Waals surface area (Å²) in [5.74, 6) is -0.429. The molecule has 1 aliphatic rings. The Morgan fingerprint density at radius 2 is 1.73 bits per heavy atom. The number of methoxy groups -OCH3 is 2. The summed E-state index contributed by atoms with van der Waals surface area (Å²) in [6.07, 6.45) is 0. The van der Waals surface area contributed by atoms with Crippen LogP contribution in [0.15, 0.2) is 65.7 Å². The summed E-state index contributed by atoms with van der Waals surface area (Å²) >= 11 is 1.35. The fourth-order valence-corrected chi connectivity index (χ4v) is 3.92. The lowest BCUT2D eigenvalue weighted by molar-refractivity contribution is -0.120. The molecule has 0 aliphatic carbocycles. The third-order valence-corrected chi connectivity index (χ3v) is 5.49. The van der Waals surface area contributed by atoms with E-state index in [1.165, 1.54) is 42.7 Å². The average Bonchev–Trinajstić information content (AvgIpc) is 3.36. The summed E-state index contributed by atoms with van der Waals surface area (Å²) in [7, 11) is 3.04. The molecule has 0 saturated heterocycles. The predicted molar refractivity (Wildman–Crippen MR) is 113 cm³/mol. The maximum atomic E-state index is 13.3. The first kappa shape index (κ1) is 19.7. The molecule has 1 aromatic heterocycles. The Hall–Kier alpha value is -3.65. The van der Waals surface area contributed by atoms with Crippen LogP contribution in [-0.4, -0.2) is 26.0 Å². The van der Waals surface area contributed by atoms with Crippen molar-refractivity contribution in [2.45, 2.75) is 0 Å². The minimum Gasteiger partial charge on any atom is -0.497 e. The number of imide groups is 1. The van der Waals surface area contributed by atoms with E-state index in [1.54, 1.807) is 37.4 Å². The van der Waals surface area contributed by atoms with E-state index in [1.807, 2.05) is 5.38 Å². The lowest BCUT2D eigenvalue weighted by atomic mass is 10.1. The van der Waals surface area contributed by atoms with Gasteiger partial charge in [-0.3, -0.25) is 9.59 Å². The van der Waals surface area contributed by atoms with Crippen molar-refractivity contribution in [3.05, 3.63) is 76.4 Å². The van der Waals surface area contributed by atoms with Gasteiger partial charge in [-0.05, 0) is 47.8 Å². The topological polar surface area (TPSA) is 67.9 Å². The zero-order chi connectivity index (χ0) is 21.3. The highest BCUT2D eigenvalue weighted by molar-refractivity contribution is 7.11. The Morgan fingerprint density at radius 3 is 2.37 bits per heavy atom. The second-order valence-electron chi connectivity index (χ2n) is 6.34. The molecule has 0 unspecified atom stereocenters. The van der Waals surface area contributed by atoms with E-state index in [-0.39, 0.29) is 11.3 Å². The molecule has 0 atom stereocenters. The van der Waals surface area contributed by atoms with Gasteiger partial charge in [0.2, 0.25) is 0 Å². The van der Waals surface area contributed by atoms with Gasteiger partial charge in [0, 0.05) is 10.9 Å². The predicted octanol–water partition coefficient (Wildman–Crippen LogP) is 4.30. The van der Waals surface area contributed by atoms with Crippen molar-refractivity contribution in [2.24, 2.45) is 0 Å². The van der Waals surface area contributed by atoms with E-state index in [9.17, 15) is 14.0 Å². The number of nitrogens with one attached hydrogen (secondary N) is 1. The van der Waals surface area contributed by atoms with Crippen LogP contribution in [-0.2, 0) is 9.59 Å². The van der Waals surface area contributed by atoms with Crippen molar-refractivity contribution in [1.82, 2.24) is 0 Å². The molecule has 8 heteroatoms. The number of hydrogen-bond donors (Lipinski definition) is 1. The van der Waals surface area contributed by atoms with Gasteiger partial charge in [-0.25, -0.2) is 9.29 Å². The first-order chi connectivity index (χ1) is 14.5. The second kappa shape index (κ2) is 8.00. The van der Waals surface area contributed by atoms with Gasteiger partial charge in [0.15, 0.2) is 0 Å². The molecule has 0 fully saturated rings. The third-order valence-electron chi connectivity index (χ3n) is 4.60. The van der Waals surface area contributed by atoms with Crippen LogP contribution in [0.4, 0.5) is 15.8 Å². The van der Waals surface area contributed by atoms with E-state index in [0.29, 0.717) is 27.8 Å². The molecule has 1 N–H and O–H groups in total. The van der Waals surface area contributed by atoms with Gasteiger partial charge in [-0.1, -0.05) is 6.07 Å². The van der Waals surface area contributed by atoms with Crippen molar-refractivity contribution in [3.63, 3.8) is 0 Å². The minimum absolute atomic E-state index is 0.121. The van der Waals surface area contributed by atoms with E-state index in [2.05, 4.69) is 5.32 Å². The van der Waals surface area contributed by atoms with Crippen molar-refractivity contribution in [1.29, 1.82) is 0 Å². The van der Waals surface area contributed by atoms with Gasteiger partial charge >= 0.3 is 0 Å². The minimum atomic E-state index is -0.534. The Balaban J connectivity index is 1.79. The summed E-state index contributed by atoms with van der Waals surface area (Å²) < 4.78 is 23.9. The van der Waals surface area contributed by atoms with Crippen molar-refractivity contribution in [2.75, 3.05) is 24.4 Å². The lowest BCUT2D eigenvalue weighted by Gasteiger charge is -2.16. The Kier molecular flexibility index (Phi) is 5.24. The molecule has 1 aliphatic heterocycles. The van der Waals surface area contributed by atoms with Gasteiger partial charge in [0.1, 0.15) is 23.0 Å². The summed E-state index contributed by atoms with van der Waals surface area (Å²) in [6, 6.07) is 13.9. The number of rotatable bonds is 6. The summed E-state index contributed by atoms with van der Waals surface area (Å²) in [5, 5.41) is 4.89. The zero-order valence-electron chi connectivity index (χ0n) is 16.1. The van der Waals surface area contributed by atoms with E-state index in [0.717, 1.165) is 4.90 Å². The number of anilines is 2. The largest absolute Gasteiger partial charge is 0.497 e. The van der Waals surface area contributed by atoms with Crippen LogP contribution in [0.5, 0.6) is 11.5 Å². The van der Waals surface area contributed by atoms with Crippen LogP contribution >= 0.6 is 11.3 Å². The number of ether oxygens (including phenoxy) is 2. The van der Waals surface area contributed by atoms with Crippen LogP contribution in [0.2, 0.25) is 0 Å². The van der Waals surface area contributed by atoms with Crippen molar-refractivity contribution < 1.29 is 23.5 Å². The number of carbonyl (C=O) groups excluding carboxylic acids is 2. The zero-order valence-corrected chi connectivity index (χ0v) is 17.0. The molecule has 0 saturated carbocycles. The number of benzene rings is 2. The van der Waals surface area contributed by atoms with E-state index >= 15 is 0 Å². The number of hydrogen-bond acceptors (Lipinski definition) is 6. The van der Waals surface area contributed by atoms with Crippen LogP contribution in [0.25, 0.3) is 5.57 Å². The molecule has 6 nitrogen and oxygen atoms in total. The molecule has 2 heterocycles. The maximum Gasteiger partial charge on any atom is 0.282 e. The van der Waals surface area contributed by atoms with E-state index < -0.39 is 17.6 Å². The molecular weight excluding hydrogens is 407 g/mol. The molecule has 0 bridgehead atoms. The summed E-state index contributed by atoms with van der Waals surface area (Å²) in [4.78, 5) is 28.2. The molecule has 30 heavy (non-hydrogen) atoms. The number of carbonyl (C=O) groups is 2. The molecule has 0 spiro atoms. The van der Waals surface area contributed by atoms with Crippen molar-refractivity contribution in [3.8, 4) is 11.5 Å². The molecule has 152 valence electrons. The van der Waals surface area contributed by atoms with Crippen LogP contribution in [0.1, 0.15) is 4.88 Å². The van der Waals surface area contributed by atoms with E-state index in [4.69, 9.17) is 9.47 Å². The molecule has 4 rings (SSSR count). The molecule has 2 aromatic carbocycles. The fraction of sp³-hybridized carbons (Fsp3) is 0.0909. The molecule has 0 radical (unpaired) electrons. The number of amides is 2. The van der Waals surface area contributed by atoms with Crippen LogP contribution in [0.3, 0.4) is 0 Å². The third kappa shape index (κ3) is 3.42. The monoisotopic (exact) mass is 424 g/mol. The normalized spacial score (nSPS) is 13.8. The standard InChI is InChI=1S/C22H17FN2O4S/c1-28-15-9-10-16(17(12-15)29-2)24-20-19(18-4-3-11-30-18)21(26)25(22(20)27)14-7-5-13(23)6-8-14/h3-12,24H,1-2H3. The van der Waals surface area contributed by atoms with Gasteiger partial charge < -0.3 is 14.8 Å². The molecular formula is C22H17FN2O4S. The second-order valence-corrected chi connectivity index (χ2v) is 7.29. The summed E-state index contributed by atoms with van der Waals surface area (Å²) in [5.41, 5.74) is 1.16. The Morgan fingerprint density at radius 1 is 0.967 bits per heavy atom. The Labute approximate surface area is 176 Å². The fourth-order valence-electron chi connectivity index (χ4n) is 3.16. The number of nitrogens with zero attached hydrogens (tertiary/aromatic N) is 1. The lowest BCUT2D eigenvalue weighted by Crippen LogP contribution is -2.32. The van der Waals surface area contributed by atoms with Gasteiger partial charge in [0.25, 0.3) is 11.8 Å². The van der Waals surface area contributed by atoms with Crippen molar-refractivity contribution >= 4 is 40.1 Å². The highest BCUT2D eigenvalue weighted by Crippen LogP contribution is 2.37. The number of thiophene rings is 1. The quantitative estimate of drug-likeness (QED) is 0.598. The van der Waals surface area contributed by atoms with Gasteiger partial charge in [-0.15, -0.1) is 11.3 Å².